The third-order valence-corrected chi connectivity index (χ3v) is 14.8. The fourth-order valence-corrected chi connectivity index (χ4v) is 11.5. The Hall–Kier alpha value is -3.69. The van der Waals surface area contributed by atoms with Crippen LogP contribution in [0.5, 0.6) is 0 Å². The Labute approximate surface area is 334 Å². The normalized spacial score (nSPS) is 14.5. The smallest absolute Gasteiger partial charge is 0.407 e. The van der Waals surface area contributed by atoms with Crippen LogP contribution in [0.25, 0.3) is 0 Å². The first-order chi connectivity index (χ1) is 27.2. The molecule has 2 aromatic carbocycles. The fourth-order valence-electron chi connectivity index (χ4n) is 6.99. The molecule has 1 aliphatic carbocycles. The van der Waals surface area contributed by atoms with Crippen LogP contribution in [-0.2, 0) is 44.0 Å². The van der Waals surface area contributed by atoms with E-state index in [0.717, 1.165) is 36.9 Å². The van der Waals surface area contributed by atoms with Crippen molar-refractivity contribution in [2.45, 2.75) is 64.3 Å². The largest absolute Gasteiger partial charge is 0.465 e. The predicted octanol–water partition coefficient (Wildman–Crippen LogP) is 5.37. The molecule has 1 N–H and O–H groups in total. The first kappa shape index (κ1) is 45.0. The number of aromatic nitrogens is 1. The zero-order chi connectivity index (χ0) is 40.1. The summed E-state index contributed by atoms with van der Waals surface area (Å²) in [5.41, 5.74) is 3.01. The van der Waals surface area contributed by atoms with Crippen LogP contribution in [0.1, 0.15) is 73.3 Å². The number of methoxy groups -OCH3 is 1. The quantitative estimate of drug-likeness (QED) is 0.0543. The van der Waals surface area contributed by atoms with Crippen molar-refractivity contribution in [3.05, 3.63) is 89.2 Å². The lowest BCUT2D eigenvalue weighted by Crippen LogP contribution is -2.66. The van der Waals surface area contributed by atoms with Gasteiger partial charge in [-0.05, 0) is 53.2 Å². The highest BCUT2D eigenvalue weighted by atomic mass is 28.4. The van der Waals surface area contributed by atoms with Gasteiger partial charge in [0.25, 0.3) is 8.32 Å². The van der Waals surface area contributed by atoms with Crippen molar-refractivity contribution in [2.75, 3.05) is 92.9 Å². The minimum atomic E-state index is -2.56. The number of fused-ring (bicyclic) bond motifs is 1. The number of carbonyl (C=O) groups excluding carboxylic acids is 2. The second kappa shape index (κ2) is 24.2. The predicted molar refractivity (Wildman–Crippen MR) is 218 cm³/mol. The molecular formula is C43H62N2O10Si. The SMILES string of the molecule is COC(=O)c1cc2c(nc1C)C(COC(=O)NCCOCCOCCOCCOCCOCCO[Si](c1ccccc1)(c1ccccc1)C(C)(C)C)CCCC2. The Bertz CT molecular complexity index is 1550. The van der Waals surface area contributed by atoms with Crippen molar-refractivity contribution in [1.29, 1.82) is 0 Å². The number of rotatable bonds is 24. The summed E-state index contributed by atoms with van der Waals surface area (Å²) in [6.07, 6.45) is 3.19. The van der Waals surface area contributed by atoms with Gasteiger partial charge in [-0.2, -0.15) is 0 Å². The van der Waals surface area contributed by atoms with E-state index in [2.05, 4.69) is 74.6 Å². The lowest BCUT2D eigenvalue weighted by atomic mass is 9.97. The molecule has 0 spiro atoms. The number of esters is 1. The first-order valence-electron chi connectivity index (χ1n) is 19.8. The standard InChI is InChI=1S/C43H62N2O10Si/c1-34-39(41(46)48-5)32-35-14-12-13-15-36(40(35)45-34)33-54-42(47)44-20-21-49-22-23-50-24-25-51-26-27-52-28-29-53-30-31-55-56(43(2,3)4,37-16-8-6-9-17-37)38-18-10-7-11-19-38/h6-11,16-19,32,36H,12-15,20-31,33H2,1-5H3,(H,44,47). The molecule has 1 aromatic heterocycles. The zero-order valence-electron chi connectivity index (χ0n) is 34.0. The number of hydrogen-bond acceptors (Lipinski definition) is 11. The van der Waals surface area contributed by atoms with Crippen LogP contribution in [0, 0.1) is 6.92 Å². The number of amides is 1. The lowest BCUT2D eigenvalue weighted by Gasteiger charge is -2.43. The summed E-state index contributed by atoms with van der Waals surface area (Å²) in [6.45, 7) is 14.1. The number of carbonyl (C=O) groups is 2. The van der Waals surface area contributed by atoms with Crippen molar-refractivity contribution in [3.8, 4) is 0 Å². The Balaban J connectivity index is 0.965. The first-order valence-corrected chi connectivity index (χ1v) is 21.7. The van der Waals surface area contributed by atoms with Crippen LogP contribution >= 0.6 is 0 Å². The third-order valence-electron chi connectivity index (χ3n) is 9.75. The van der Waals surface area contributed by atoms with E-state index in [0.29, 0.717) is 90.5 Å². The van der Waals surface area contributed by atoms with E-state index in [-0.39, 0.29) is 17.6 Å². The molecule has 12 nitrogen and oxygen atoms in total. The summed E-state index contributed by atoms with van der Waals surface area (Å²) >= 11 is 0. The van der Waals surface area contributed by atoms with E-state index in [1.54, 1.807) is 6.92 Å². The molecule has 0 saturated carbocycles. The molecule has 0 radical (unpaired) electrons. The molecule has 1 heterocycles. The monoisotopic (exact) mass is 794 g/mol. The minimum absolute atomic E-state index is 0.0208. The van der Waals surface area contributed by atoms with Gasteiger partial charge in [0.05, 0.1) is 96.7 Å². The second-order valence-corrected chi connectivity index (χ2v) is 19.0. The molecular weight excluding hydrogens is 733 g/mol. The molecule has 56 heavy (non-hydrogen) atoms. The summed E-state index contributed by atoms with van der Waals surface area (Å²) in [4.78, 5) is 29.1. The Morgan fingerprint density at radius 3 is 1.79 bits per heavy atom. The van der Waals surface area contributed by atoms with Gasteiger partial charge in [0.1, 0.15) is 6.61 Å². The van der Waals surface area contributed by atoms with Gasteiger partial charge in [-0.15, -0.1) is 0 Å². The molecule has 13 heteroatoms. The number of nitrogens with zero attached hydrogens (tertiary/aromatic N) is 1. The maximum absolute atomic E-state index is 12.3. The molecule has 0 bridgehead atoms. The van der Waals surface area contributed by atoms with Gasteiger partial charge >= 0.3 is 12.1 Å². The highest BCUT2D eigenvalue weighted by Crippen LogP contribution is 2.36. The summed E-state index contributed by atoms with van der Waals surface area (Å²) in [5.74, 6) is -0.411. The molecule has 4 rings (SSSR count). The molecule has 308 valence electrons. The summed E-state index contributed by atoms with van der Waals surface area (Å²) in [7, 11) is -1.19. The van der Waals surface area contributed by atoms with Gasteiger partial charge in [-0.25, -0.2) is 9.59 Å². The lowest BCUT2D eigenvalue weighted by molar-refractivity contribution is -0.0126. The molecule has 0 fully saturated rings. The van der Waals surface area contributed by atoms with E-state index in [1.807, 2.05) is 18.2 Å². The molecule has 1 amide bonds. The van der Waals surface area contributed by atoms with E-state index >= 15 is 0 Å². The molecule has 1 aliphatic rings. The summed E-state index contributed by atoms with van der Waals surface area (Å²) in [5, 5.41) is 5.17. The third kappa shape index (κ3) is 13.8. The maximum atomic E-state index is 12.3. The van der Waals surface area contributed by atoms with Crippen LogP contribution in [0.15, 0.2) is 66.7 Å². The molecule has 1 atom stereocenters. The van der Waals surface area contributed by atoms with Crippen molar-refractivity contribution in [2.24, 2.45) is 0 Å². The van der Waals surface area contributed by atoms with Gasteiger partial charge in [-0.1, -0.05) is 87.9 Å². The number of alkyl carbamates (subject to hydrolysis) is 1. The van der Waals surface area contributed by atoms with E-state index in [4.69, 9.17) is 42.6 Å². The highest BCUT2D eigenvalue weighted by molar-refractivity contribution is 6.99. The average Bonchev–Trinajstić information content (AvgIpc) is 3.40. The molecule has 1 unspecified atom stereocenters. The van der Waals surface area contributed by atoms with Crippen molar-refractivity contribution >= 4 is 30.8 Å². The van der Waals surface area contributed by atoms with Crippen molar-refractivity contribution in [1.82, 2.24) is 10.3 Å². The van der Waals surface area contributed by atoms with Crippen molar-refractivity contribution < 1.29 is 47.2 Å². The zero-order valence-corrected chi connectivity index (χ0v) is 35.0. The number of ether oxygens (including phenoxy) is 7. The van der Waals surface area contributed by atoms with Gasteiger partial charge in [-0.3, -0.25) is 4.98 Å². The van der Waals surface area contributed by atoms with Gasteiger partial charge < -0.3 is 42.9 Å². The van der Waals surface area contributed by atoms with Crippen LogP contribution in [0.4, 0.5) is 4.79 Å². The van der Waals surface area contributed by atoms with E-state index in [1.165, 1.54) is 17.5 Å². The highest BCUT2D eigenvalue weighted by Gasteiger charge is 2.50. The Morgan fingerprint density at radius 2 is 1.27 bits per heavy atom. The summed E-state index contributed by atoms with van der Waals surface area (Å²) < 4.78 is 45.5. The van der Waals surface area contributed by atoms with Crippen LogP contribution in [0.3, 0.4) is 0 Å². The summed E-state index contributed by atoms with van der Waals surface area (Å²) in [6, 6.07) is 23.1. The maximum Gasteiger partial charge on any atom is 0.407 e. The molecule has 0 saturated heterocycles. The Morgan fingerprint density at radius 1 is 0.750 bits per heavy atom. The van der Waals surface area contributed by atoms with Crippen LogP contribution in [-0.4, -0.2) is 118 Å². The fraction of sp³-hybridized carbons (Fsp3) is 0.558. The minimum Gasteiger partial charge on any atom is -0.465 e. The van der Waals surface area contributed by atoms with Gasteiger partial charge in [0.2, 0.25) is 0 Å². The van der Waals surface area contributed by atoms with E-state index < -0.39 is 20.4 Å². The molecule has 3 aromatic rings. The second-order valence-electron chi connectivity index (χ2n) is 14.7. The number of hydrogen-bond donors (Lipinski definition) is 1. The average molecular weight is 795 g/mol. The van der Waals surface area contributed by atoms with Crippen molar-refractivity contribution in [3.63, 3.8) is 0 Å². The molecule has 0 aliphatic heterocycles. The van der Waals surface area contributed by atoms with E-state index in [9.17, 15) is 9.59 Å². The van der Waals surface area contributed by atoms with Gasteiger partial charge in [0.15, 0.2) is 0 Å². The number of pyridine rings is 1. The van der Waals surface area contributed by atoms with Gasteiger partial charge in [0, 0.05) is 12.5 Å². The topological polar surface area (TPSA) is 133 Å². The number of aryl methyl sites for hydroxylation is 2. The van der Waals surface area contributed by atoms with Crippen LogP contribution < -0.4 is 15.7 Å². The number of benzene rings is 2. The van der Waals surface area contributed by atoms with Crippen LogP contribution in [0.2, 0.25) is 5.04 Å². The Kier molecular flexibility index (Phi) is 19.4. The number of nitrogens with one attached hydrogen (secondary N) is 1.